The zero-order chi connectivity index (χ0) is 38.8. The molecule has 1 aliphatic rings. The van der Waals surface area contributed by atoms with Crippen molar-refractivity contribution in [3.63, 3.8) is 0 Å². The number of esters is 4. The topological polar surface area (TPSA) is 263 Å². The minimum absolute atomic E-state index is 0.0515. The Hall–Kier alpha value is -4.98. The number of aryl methyl sites for hydroxylation is 1. The summed E-state index contributed by atoms with van der Waals surface area (Å²) in [6, 6.07) is 4.59. The molecule has 0 unspecified atom stereocenters. The number of aliphatic hydroxyl groups excluding tert-OH is 1. The monoisotopic (exact) mass is 752 g/mol. The van der Waals surface area contributed by atoms with Gasteiger partial charge in [0.25, 0.3) is 0 Å². The van der Waals surface area contributed by atoms with Gasteiger partial charge in [-0.3, -0.25) is 19.2 Å². The third-order valence-electron chi connectivity index (χ3n) is 7.33. The maximum Gasteiger partial charge on any atom is 0.339 e. The van der Waals surface area contributed by atoms with E-state index in [-0.39, 0.29) is 49.8 Å². The molecule has 3 rings (SSSR count). The molecule has 0 spiro atoms. The maximum atomic E-state index is 12.8. The van der Waals surface area contributed by atoms with Crippen LogP contribution in [0, 0.1) is 0 Å². The van der Waals surface area contributed by atoms with Crippen LogP contribution >= 0.6 is 0 Å². The Morgan fingerprint density at radius 3 is 2.13 bits per heavy atom. The number of furan rings is 1. The smallest absolute Gasteiger partial charge is 0.339 e. The maximum absolute atomic E-state index is 12.8. The van der Waals surface area contributed by atoms with Crippen LogP contribution in [0.4, 0.5) is 0 Å². The summed E-state index contributed by atoms with van der Waals surface area (Å²) in [4.78, 5) is 64.2. The minimum Gasteiger partial charge on any atom is -0.467 e. The molecule has 0 bridgehead atoms. The van der Waals surface area contributed by atoms with Crippen molar-refractivity contribution in [2.24, 2.45) is 5.11 Å². The Balaban J connectivity index is 1.65. The first kappa shape index (κ1) is 42.4. The van der Waals surface area contributed by atoms with Crippen LogP contribution in [0.3, 0.4) is 0 Å². The van der Waals surface area contributed by atoms with Crippen molar-refractivity contribution in [2.75, 3.05) is 59.8 Å². The van der Waals surface area contributed by atoms with Gasteiger partial charge < -0.3 is 57.5 Å². The lowest BCUT2D eigenvalue weighted by Gasteiger charge is -2.43. The number of nitrogens with one attached hydrogen (secondary N) is 1. The molecule has 292 valence electrons. The van der Waals surface area contributed by atoms with Gasteiger partial charge in [-0.2, -0.15) is 0 Å². The first-order chi connectivity index (χ1) is 25.5. The first-order valence-electron chi connectivity index (χ1n) is 16.6. The summed E-state index contributed by atoms with van der Waals surface area (Å²) in [7, 11) is 1.07. The molecule has 2 N–H and O–H groups in total. The molecule has 1 aromatic heterocycles. The Bertz CT molecular complexity index is 1590. The zero-order valence-corrected chi connectivity index (χ0v) is 29.8. The second kappa shape index (κ2) is 22.2. The Kier molecular flexibility index (Phi) is 17.7. The second-order valence-electron chi connectivity index (χ2n) is 11.3. The predicted octanol–water partition coefficient (Wildman–Crippen LogP) is 1.41. The van der Waals surface area contributed by atoms with E-state index in [2.05, 4.69) is 15.3 Å². The van der Waals surface area contributed by atoms with Gasteiger partial charge in [0, 0.05) is 57.2 Å². The highest BCUT2D eigenvalue weighted by Crippen LogP contribution is 2.36. The fourth-order valence-corrected chi connectivity index (χ4v) is 5.14. The van der Waals surface area contributed by atoms with E-state index in [1.165, 1.54) is 12.1 Å². The van der Waals surface area contributed by atoms with Crippen molar-refractivity contribution in [1.82, 2.24) is 5.32 Å². The molecule has 2 aromatic rings. The standard InChI is InChI=1S/C33H44N4O16/c1-19(39)48-28-29(49-20(2)40)31(50-21(3)41)33(53-30(28)32(43)44-4)52-25-7-5-22(18-38)27-24(25)17-23(51-27)6-8-26(42)35-9-11-45-13-15-47-16-14-46-12-10-36-37-34/h5,7,17,28-31,33,38H,6,8-16,18H2,1-4H3,(H,35,42)/t28-,29-,30-,31+,33+/m0/s1. The molecule has 20 nitrogen and oxygen atoms in total. The number of rotatable bonds is 22. The normalized spacial score (nSPS) is 19.5. The fourth-order valence-electron chi connectivity index (χ4n) is 5.14. The van der Waals surface area contributed by atoms with Gasteiger partial charge >= 0.3 is 23.9 Å². The van der Waals surface area contributed by atoms with Crippen molar-refractivity contribution in [3.05, 3.63) is 40.0 Å². The van der Waals surface area contributed by atoms with Gasteiger partial charge in [-0.15, -0.1) is 0 Å². The number of aliphatic hydroxyl groups is 1. The van der Waals surface area contributed by atoms with Crippen LogP contribution in [-0.4, -0.2) is 125 Å². The van der Waals surface area contributed by atoms with E-state index in [0.29, 0.717) is 49.7 Å². The van der Waals surface area contributed by atoms with Gasteiger partial charge in [0.15, 0.2) is 18.3 Å². The number of hydrogen-bond acceptors (Lipinski definition) is 17. The molecule has 0 saturated carbocycles. The number of hydrogen-bond donors (Lipinski definition) is 2. The second-order valence-corrected chi connectivity index (χ2v) is 11.3. The molecule has 1 amide bonds. The molecule has 1 aromatic carbocycles. The number of carbonyl (C=O) groups excluding carboxylic acids is 5. The number of azide groups is 1. The van der Waals surface area contributed by atoms with Gasteiger partial charge in [-0.25, -0.2) is 4.79 Å². The number of fused-ring (bicyclic) bond motifs is 1. The summed E-state index contributed by atoms with van der Waals surface area (Å²) >= 11 is 0. The summed E-state index contributed by atoms with van der Waals surface area (Å²) in [5.74, 6) is -3.32. The molecular weight excluding hydrogens is 708 g/mol. The number of carbonyl (C=O) groups is 5. The van der Waals surface area contributed by atoms with Crippen molar-refractivity contribution in [1.29, 1.82) is 0 Å². The largest absolute Gasteiger partial charge is 0.467 e. The van der Waals surface area contributed by atoms with E-state index in [9.17, 15) is 29.1 Å². The van der Waals surface area contributed by atoms with Crippen LogP contribution in [0.5, 0.6) is 5.75 Å². The molecule has 20 heteroatoms. The van der Waals surface area contributed by atoms with Gasteiger partial charge in [0.05, 0.1) is 58.7 Å². The van der Waals surface area contributed by atoms with Crippen LogP contribution in [0.2, 0.25) is 0 Å². The Morgan fingerprint density at radius 2 is 1.51 bits per heavy atom. The van der Waals surface area contributed by atoms with E-state index in [0.717, 1.165) is 27.9 Å². The molecule has 1 saturated heterocycles. The van der Waals surface area contributed by atoms with E-state index in [4.69, 9.17) is 52.6 Å². The van der Waals surface area contributed by atoms with Gasteiger partial charge in [-0.05, 0) is 23.7 Å². The quantitative estimate of drug-likeness (QED) is 0.0430. The number of benzene rings is 1. The number of nitrogens with zero attached hydrogens (tertiary/aromatic N) is 3. The van der Waals surface area contributed by atoms with Crippen molar-refractivity contribution in [3.8, 4) is 5.75 Å². The Morgan fingerprint density at radius 1 is 0.887 bits per heavy atom. The van der Waals surface area contributed by atoms with Crippen molar-refractivity contribution < 1.29 is 76.1 Å². The lowest BCUT2D eigenvalue weighted by molar-refractivity contribution is -0.282. The molecule has 2 heterocycles. The highest BCUT2D eigenvalue weighted by Gasteiger charge is 2.56. The van der Waals surface area contributed by atoms with E-state index in [1.54, 1.807) is 6.07 Å². The summed E-state index contributed by atoms with van der Waals surface area (Å²) in [5.41, 5.74) is 8.82. The average Bonchev–Trinajstić information content (AvgIpc) is 3.55. The highest BCUT2D eigenvalue weighted by atomic mass is 16.7. The number of ether oxygens (including phenoxy) is 9. The van der Waals surface area contributed by atoms with E-state index >= 15 is 0 Å². The summed E-state index contributed by atoms with van der Waals surface area (Å²) < 4.78 is 55.0. The molecule has 0 aliphatic carbocycles. The van der Waals surface area contributed by atoms with Crippen LogP contribution in [0.1, 0.15) is 38.5 Å². The van der Waals surface area contributed by atoms with E-state index < -0.39 is 61.2 Å². The molecule has 1 aliphatic heterocycles. The lowest BCUT2D eigenvalue weighted by atomic mass is 9.97. The molecule has 53 heavy (non-hydrogen) atoms. The van der Waals surface area contributed by atoms with Gasteiger partial charge in [0.1, 0.15) is 17.1 Å². The molecule has 0 radical (unpaired) electrons. The van der Waals surface area contributed by atoms with Crippen molar-refractivity contribution in [2.45, 2.75) is 70.9 Å². The van der Waals surface area contributed by atoms with Crippen LogP contribution < -0.4 is 10.1 Å². The average molecular weight is 753 g/mol. The summed E-state index contributed by atoms with van der Waals surface area (Å²) in [6.45, 7) is 5.29. The van der Waals surface area contributed by atoms with Crippen LogP contribution in [0.25, 0.3) is 21.4 Å². The molecule has 5 atom stereocenters. The van der Waals surface area contributed by atoms with Gasteiger partial charge in [-0.1, -0.05) is 5.11 Å². The molecular formula is C33H44N4O16. The zero-order valence-electron chi connectivity index (χ0n) is 29.8. The number of amides is 1. The van der Waals surface area contributed by atoms with E-state index in [1.807, 2.05) is 0 Å². The number of methoxy groups -OCH3 is 1. The van der Waals surface area contributed by atoms with Crippen LogP contribution in [0.15, 0.2) is 27.7 Å². The fraction of sp³-hybridized carbons (Fsp3) is 0.606. The SMILES string of the molecule is COC(=O)[C@H]1O[C@@H](Oc2ccc(CO)c3oc(CCC(=O)NCCOCCOCCOCCN=[N+]=[N-])cc23)[C@H](OC(C)=O)[C@@H](OC(C)=O)[C@@H]1OC(C)=O. The first-order valence-corrected chi connectivity index (χ1v) is 16.6. The van der Waals surface area contributed by atoms with Crippen LogP contribution in [-0.2, 0) is 74.9 Å². The minimum atomic E-state index is -1.66. The van der Waals surface area contributed by atoms with Gasteiger partial charge in [0.2, 0.25) is 18.3 Å². The van der Waals surface area contributed by atoms with Crippen molar-refractivity contribution >= 4 is 40.8 Å². The lowest BCUT2D eigenvalue weighted by Crippen LogP contribution is -2.64. The third-order valence-corrected chi connectivity index (χ3v) is 7.33. The highest BCUT2D eigenvalue weighted by molar-refractivity contribution is 5.87. The Labute approximate surface area is 303 Å². The summed E-state index contributed by atoms with van der Waals surface area (Å²) in [6.07, 6.45) is -7.72. The third kappa shape index (κ3) is 13.5. The predicted molar refractivity (Wildman–Crippen MR) is 178 cm³/mol. The summed E-state index contributed by atoms with van der Waals surface area (Å²) in [5, 5.41) is 16.4. The molecule has 1 fully saturated rings.